The molecule has 11 heteroatoms. The number of anilines is 1. The van der Waals surface area contributed by atoms with E-state index in [-0.39, 0.29) is 24.8 Å². The lowest BCUT2D eigenvalue weighted by molar-refractivity contribution is -0.150. The van der Waals surface area contributed by atoms with Crippen molar-refractivity contribution in [2.45, 2.75) is 69.1 Å². The van der Waals surface area contributed by atoms with Crippen LogP contribution in [0, 0.1) is 0 Å². The van der Waals surface area contributed by atoms with Crippen LogP contribution in [0.2, 0.25) is 5.02 Å². The van der Waals surface area contributed by atoms with Crippen LogP contribution >= 0.6 is 11.6 Å². The second-order valence-electron chi connectivity index (χ2n) is 11.0. The Hall–Kier alpha value is -3.53. The number of fused-ring (bicyclic) bond motifs is 1. The summed E-state index contributed by atoms with van der Waals surface area (Å²) in [5, 5.41) is 3.17. The van der Waals surface area contributed by atoms with E-state index in [1.165, 1.54) is 37.6 Å². The van der Waals surface area contributed by atoms with E-state index in [1.807, 2.05) is 0 Å². The molecule has 1 aromatic heterocycles. The molecule has 3 N–H and O–H groups in total. The van der Waals surface area contributed by atoms with Gasteiger partial charge in [-0.3, -0.25) is 24.2 Å². The van der Waals surface area contributed by atoms with E-state index in [2.05, 4.69) is 10.3 Å². The Morgan fingerprint density at radius 2 is 1.87 bits per heavy atom. The van der Waals surface area contributed by atoms with E-state index < -0.39 is 40.9 Å². The molecule has 1 saturated carbocycles. The molecule has 0 saturated heterocycles. The van der Waals surface area contributed by atoms with Crippen molar-refractivity contribution in [3.05, 3.63) is 58.9 Å². The summed E-state index contributed by atoms with van der Waals surface area (Å²) in [5.41, 5.74) is 4.86. The molecule has 39 heavy (non-hydrogen) atoms. The molecule has 2 aromatic rings. The van der Waals surface area contributed by atoms with Gasteiger partial charge in [0.25, 0.3) is 0 Å². The number of halogens is 2. The van der Waals surface area contributed by atoms with Gasteiger partial charge in [0.1, 0.15) is 17.8 Å². The molecule has 1 aliphatic heterocycles. The Kier molecular flexibility index (Phi) is 7.71. The normalized spacial score (nSPS) is 18.9. The highest BCUT2D eigenvalue weighted by Crippen LogP contribution is 2.50. The van der Waals surface area contributed by atoms with Crippen LogP contribution < -0.4 is 11.1 Å². The molecule has 4 rings (SSSR count). The van der Waals surface area contributed by atoms with Gasteiger partial charge in [0.15, 0.2) is 0 Å². The molecular formula is C28H33ClFN5O4. The maximum Gasteiger partial charge on any atom is 0.246 e. The van der Waals surface area contributed by atoms with Crippen molar-refractivity contribution in [1.82, 2.24) is 14.8 Å². The summed E-state index contributed by atoms with van der Waals surface area (Å²) in [6.07, 6.45) is 4.05. The van der Waals surface area contributed by atoms with Gasteiger partial charge in [0, 0.05) is 43.1 Å². The number of amides is 4. The van der Waals surface area contributed by atoms with Crippen molar-refractivity contribution in [3.63, 3.8) is 0 Å². The first-order chi connectivity index (χ1) is 18.2. The third-order valence-electron chi connectivity index (χ3n) is 7.65. The van der Waals surface area contributed by atoms with E-state index in [1.54, 1.807) is 42.7 Å². The highest BCUT2D eigenvalue weighted by atomic mass is 35.5. The lowest BCUT2D eigenvalue weighted by atomic mass is 9.92. The van der Waals surface area contributed by atoms with Crippen LogP contribution in [-0.2, 0) is 24.6 Å². The van der Waals surface area contributed by atoms with Gasteiger partial charge in [-0.05, 0) is 75.1 Å². The molecule has 1 aliphatic carbocycles. The van der Waals surface area contributed by atoms with Crippen LogP contribution in [0.1, 0.15) is 57.1 Å². The number of nitrogens with two attached hydrogens (primary N) is 1. The number of hydrogen-bond acceptors (Lipinski definition) is 5. The zero-order valence-corrected chi connectivity index (χ0v) is 23.2. The van der Waals surface area contributed by atoms with Crippen molar-refractivity contribution in [2.24, 2.45) is 5.73 Å². The number of alkyl halides is 1. The van der Waals surface area contributed by atoms with Gasteiger partial charge in [-0.15, -0.1) is 0 Å². The number of benzene rings is 1. The minimum Gasteiger partial charge on any atom is -0.368 e. The zero-order valence-electron chi connectivity index (χ0n) is 22.4. The molecule has 208 valence electrons. The standard InChI is InChI=1S/C28H33ClFN5O4/c1-16(23(31)36)35(15-20-19-13-18(29)5-6-21(19)33-24(20)37)25(38)22(14-27(2,3)30)34(4)26(39)28(9-10-28)17-7-11-32-12-8-17/h5-8,11-13,16,20,22H,9-10,14-15H2,1-4H3,(H2,31,36)(H,33,37)/t16-,20?,22-/m0/s1. The maximum absolute atomic E-state index is 15.1. The van der Waals surface area contributed by atoms with Crippen LogP contribution in [0.3, 0.4) is 0 Å². The largest absolute Gasteiger partial charge is 0.368 e. The highest BCUT2D eigenvalue weighted by Gasteiger charge is 2.54. The quantitative estimate of drug-likeness (QED) is 0.464. The molecule has 0 radical (unpaired) electrons. The average molecular weight is 558 g/mol. The van der Waals surface area contributed by atoms with Crippen molar-refractivity contribution in [3.8, 4) is 0 Å². The smallest absolute Gasteiger partial charge is 0.246 e. The van der Waals surface area contributed by atoms with Crippen LogP contribution in [-0.4, -0.2) is 69.8 Å². The number of nitrogens with one attached hydrogen (secondary N) is 1. The molecule has 2 aliphatic rings. The predicted octanol–water partition coefficient (Wildman–Crippen LogP) is 3.17. The van der Waals surface area contributed by atoms with Crippen LogP contribution in [0.4, 0.5) is 10.1 Å². The number of primary amides is 1. The second-order valence-corrected chi connectivity index (χ2v) is 11.5. The molecule has 1 fully saturated rings. The lowest BCUT2D eigenvalue weighted by Crippen LogP contribution is -2.58. The maximum atomic E-state index is 15.1. The van der Waals surface area contributed by atoms with E-state index in [0.717, 1.165) is 5.56 Å². The summed E-state index contributed by atoms with van der Waals surface area (Å²) in [5.74, 6) is -2.99. The molecule has 1 unspecified atom stereocenters. The SMILES string of the molecule is C[C@@H](C(N)=O)N(CC1C(=O)Nc2ccc(Cl)cc21)C(=O)[C@H](CC(C)(C)F)N(C)C(=O)C1(c2ccncc2)CC1. The minimum atomic E-state index is -1.82. The van der Waals surface area contributed by atoms with E-state index in [4.69, 9.17) is 17.3 Å². The van der Waals surface area contributed by atoms with Crippen molar-refractivity contribution >= 4 is 40.9 Å². The van der Waals surface area contributed by atoms with Gasteiger partial charge in [-0.25, -0.2) is 4.39 Å². The summed E-state index contributed by atoms with van der Waals surface area (Å²) in [7, 11) is 1.47. The fourth-order valence-electron chi connectivity index (χ4n) is 5.21. The van der Waals surface area contributed by atoms with Gasteiger partial charge in [0.2, 0.25) is 23.6 Å². The summed E-state index contributed by atoms with van der Waals surface area (Å²) >= 11 is 6.16. The number of rotatable bonds is 10. The first-order valence-corrected chi connectivity index (χ1v) is 13.2. The summed E-state index contributed by atoms with van der Waals surface area (Å²) in [6.45, 7) is 3.89. The van der Waals surface area contributed by atoms with Gasteiger partial charge in [-0.1, -0.05) is 11.6 Å². The van der Waals surface area contributed by atoms with E-state index in [0.29, 0.717) is 29.1 Å². The highest BCUT2D eigenvalue weighted by molar-refractivity contribution is 6.31. The van der Waals surface area contributed by atoms with Crippen LogP contribution in [0.15, 0.2) is 42.7 Å². The Labute approximate surface area is 231 Å². The number of likely N-dealkylation sites (N-methyl/N-ethyl adjacent to an activating group) is 1. The zero-order chi connectivity index (χ0) is 28.7. The third-order valence-corrected chi connectivity index (χ3v) is 7.88. The molecular weight excluding hydrogens is 525 g/mol. The summed E-state index contributed by atoms with van der Waals surface area (Å²) in [6, 6.07) is 6.07. The number of carbonyl (C=O) groups excluding carboxylic acids is 4. The number of nitrogens with zero attached hydrogens (tertiary/aromatic N) is 3. The molecule has 0 bridgehead atoms. The van der Waals surface area contributed by atoms with Gasteiger partial charge >= 0.3 is 0 Å². The molecule has 0 spiro atoms. The van der Waals surface area contributed by atoms with Crippen molar-refractivity contribution < 1.29 is 23.6 Å². The molecule has 1 aromatic carbocycles. The second kappa shape index (κ2) is 10.6. The first kappa shape index (κ1) is 28.5. The minimum absolute atomic E-state index is 0.205. The fourth-order valence-corrected chi connectivity index (χ4v) is 5.39. The predicted molar refractivity (Wildman–Crippen MR) is 145 cm³/mol. The van der Waals surface area contributed by atoms with Crippen LogP contribution in [0.25, 0.3) is 0 Å². The van der Waals surface area contributed by atoms with Gasteiger partial charge in [0.05, 0.1) is 11.3 Å². The Bertz CT molecular complexity index is 1290. The van der Waals surface area contributed by atoms with Gasteiger partial charge in [-0.2, -0.15) is 0 Å². The Morgan fingerprint density at radius 1 is 1.23 bits per heavy atom. The first-order valence-electron chi connectivity index (χ1n) is 12.8. The summed E-state index contributed by atoms with van der Waals surface area (Å²) < 4.78 is 15.1. The molecule has 9 nitrogen and oxygen atoms in total. The Morgan fingerprint density at radius 3 is 2.44 bits per heavy atom. The molecule has 3 atom stereocenters. The van der Waals surface area contributed by atoms with E-state index >= 15 is 4.39 Å². The lowest BCUT2D eigenvalue weighted by Gasteiger charge is -2.38. The van der Waals surface area contributed by atoms with Crippen molar-refractivity contribution in [1.29, 1.82) is 0 Å². The third kappa shape index (κ3) is 5.75. The summed E-state index contributed by atoms with van der Waals surface area (Å²) in [4.78, 5) is 59.7. The average Bonchev–Trinajstić information content (AvgIpc) is 3.64. The number of pyridine rings is 1. The topological polar surface area (TPSA) is 126 Å². The van der Waals surface area contributed by atoms with E-state index in [9.17, 15) is 19.2 Å². The van der Waals surface area contributed by atoms with Gasteiger partial charge < -0.3 is 20.9 Å². The number of hydrogen-bond donors (Lipinski definition) is 2. The Balaban J connectivity index is 1.68. The molecule has 4 amide bonds. The monoisotopic (exact) mass is 557 g/mol. The van der Waals surface area contributed by atoms with Crippen LogP contribution in [0.5, 0.6) is 0 Å². The molecule has 2 heterocycles. The van der Waals surface area contributed by atoms with Crippen molar-refractivity contribution in [2.75, 3.05) is 18.9 Å². The fraction of sp³-hybridized carbons (Fsp3) is 0.464. The number of aromatic nitrogens is 1. The number of carbonyl (C=O) groups is 4.